The van der Waals surface area contributed by atoms with Crippen molar-refractivity contribution in [2.45, 2.75) is 32.4 Å². The van der Waals surface area contributed by atoms with E-state index in [1.54, 1.807) is 0 Å². The Kier molecular flexibility index (Phi) is 4.82. The predicted molar refractivity (Wildman–Crippen MR) is 80.8 cm³/mol. The van der Waals surface area contributed by atoms with Gasteiger partial charge in [-0.2, -0.15) is 0 Å². The van der Waals surface area contributed by atoms with Crippen LogP contribution >= 0.6 is 15.9 Å². The Morgan fingerprint density at radius 3 is 2.61 bits per heavy atom. The number of nitrogens with one attached hydrogen (secondary N) is 1. The maximum atomic E-state index is 3.58. The Bertz CT molecular complexity index is 375. The summed E-state index contributed by atoms with van der Waals surface area (Å²) < 4.78 is 1.16. The number of halogens is 1. The first-order valence-electron chi connectivity index (χ1n) is 6.77. The lowest BCUT2D eigenvalue weighted by Gasteiger charge is -2.26. The summed E-state index contributed by atoms with van der Waals surface area (Å²) in [5.74, 6) is 0.721. The monoisotopic (exact) mass is 310 g/mol. The molecule has 1 saturated heterocycles. The molecular formula is C15H23BrN2. The minimum Gasteiger partial charge on any atom is -0.314 e. The van der Waals surface area contributed by atoms with Crippen molar-refractivity contribution in [3.05, 3.63) is 34.3 Å². The summed E-state index contributed by atoms with van der Waals surface area (Å²) in [4.78, 5) is 2.48. The Balaban J connectivity index is 2.09. The number of benzene rings is 1. The maximum Gasteiger partial charge on any atom is 0.0385 e. The summed E-state index contributed by atoms with van der Waals surface area (Å²) in [6.45, 7) is 6.74. The first-order chi connectivity index (χ1) is 8.58. The van der Waals surface area contributed by atoms with E-state index in [2.05, 4.69) is 71.3 Å². The molecule has 1 aromatic carbocycles. The van der Waals surface area contributed by atoms with Gasteiger partial charge in [-0.1, -0.05) is 41.9 Å². The number of hydrogen-bond acceptors (Lipinski definition) is 2. The minimum atomic E-state index is 0.560. The number of rotatable bonds is 4. The normalized spacial score (nSPS) is 24.9. The van der Waals surface area contributed by atoms with Gasteiger partial charge in [0.2, 0.25) is 0 Å². The number of likely N-dealkylation sites (tertiary alicyclic amines) is 1. The zero-order valence-electron chi connectivity index (χ0n) is 11.5. The zero-order valence-corrected chi connectivity index (χ0v) is 13.1. The van der Waals surface area contributed by atoms with Gasteiger partial charge < -0.3 is 5.32 Å². The fourth-order valence-corrected chi connectivity index (χ4v) is 3.08. The zero-order chi connectivity index (χ0) is 13.1. The van der Waals surface area contributed by atoms with Crippen molar-refractivity contribution < 1.29 is 0 Å². The fraction of sp³-hybridized carbons (Fsp3) is 0.600. The van der Waals surface area contributed by atoms with Crippen molar-refractivity contribution in [2.24, 2.45) is 5.92 Å². The van der Waals surface area contributed by atoms with E-state index < -0.39 is 0 Å². The van der Waals surface area contributed by atoms with Crippen molar-refractivity contribution in [3.8, 4) is 0 Å². The summed E-state index contributed by atoms with van der Waals surface area (Å²) >= 11 is 3.51. The van der Waals surface area contributed by atoms with Crippen LogP contribution < -0.4 is 5.32 Å². The van der Waals surface area contributed by atoms with Gasteiger partial charge in [0, 0.05) is 23.1 Å². The molecule has 100 valence electrons. The Hall–Kier alpha value is -0.380. The smallest absolute Gasteiger partial charge is 0.0385 e. The minimum absolute atomic E-state index is 0.560. The second-order valence-electron chi connectivity index (χ2n) is 5.59. The lowest BCUT2D eigenvalue weighted by Crippen LogP contribution is -2.32. The lowest BCUT2D eigenvalue weighted by molar-refractivity contribution is 0.269. The van der Waals surface area contributed by atoms with Crippen molar-refractivity contribution in [1.82, 2.24) is 10.2 Å². The molecule has 0 aliphatic carbocycles. The van der Waals surface area contributed by atoms with Crippen LogP contribution in [-0.4, -0.2) is 31.1 Å². The van der Waals surface area contributed by atoms with Gasteiger partial charge in [0.05, 0.1) is 0 Å². The van der Waals surface area contributed by atoms with Gasteiger partial charge >= 0.3 is 0 Å². The second kappa shape index (κ2) is 6.18. The molecule has 0 saturated carbocycles. The van der Waals surface area contributed by atoms with Gasteiger partial charge in [-0.05, 0) is 43.6 Å². The van der Waals surface area contributed by atoms with Crippen LogP contribution in [0, 0.1) is 5.92 Å². The number of nitrogens with zero attached hydrogens (tertiary/aromatic N) is 1. The molecule has 0 radical (unpaired) electrons. The summed E-state index contributed by atoms with van der Waals surface area (Å²) in [6, 6.07) is 9.92. The molecular weight excluding hydrogens is 288 g/mol. The highest BCUT2D eigenvalue weighted by molar-refractivity contribution is 9.10. The Morgan fingerprint density at radius 2 is 2.00 bits per heavy atom. The molecule has 2 unspecified atom stereocenters. The van der Waals surface area contributed by atoms with Crippen LogP contribution in [0.25, 0.3) is 0 Å². The fourth-order valence-electron chi connectivity index (χ4n) is 2.81. The van der Waals surface area contributed by atoms with Gasteiger partial charge in [0.15, 0.2) is 0 Å². The summed E-state index contributed by atoms with van der Waals surface area (Å²) in [5, 5.41) is 3.58. The molecule has 2 atom stereocenters. The van der Waals surface area contributed by atoms with Crippen LogP contribution in [0.3, 0.4) is 0 Å². The van der Waals surface area contributed by atoms with Crippen LogP contribution in [0.1, 0.15) is 31.9 Å². The van der Waals surface area contributed by atoms with Crippen LogP contribution in [0.5, 0.6) is 0 Å². The quantitative estimate of drug-likeness (QED) is 0.916. The van der Waals surface area contributed by atoms with E-state index in [4.69, 9.17) is 0 Å². The Morgan fingerprint density at radius 1 is 1.33 bits per heavy atom. The topological polar surface area (TPSA) is 15.3 Å². The third-order valence-electron chi connectivity index (χ3n) is 3.77. The summed E-state index contributed by atoms with van der Waals surface area (Å²) in [6.07, 6.45) is 1.29. The molecule has 0 bridgehead atoms. The average Bonchev–Trinajstić information content (AvgIpc) is 2.69. The third kappa shape index (κ3) is 3.34. The summed E-state index contributed by atoms with van der Waals surface area (Å²) in [7, 11) is 2.24. The molecule has 2 rings (SSSR count). The van der Waals surface area contributed by atoms with Crippen molar-refractivity contribution in [3.63, 3.8) is 0 Å². The van der Waals surface area contributed by atoms with Crippen LogP contribution in [0.4, 0.5) is 0 Å². The molecule has 1 heterocycles. The van der Waals surface area contributed by atoms with E-state index >= 15 is 0 Å². The van der Waals surface area contributed by atoms with E-state index in [9.17, 15) is 0 Å². The van der Waals surface area contributed by atoms with Crippen LogP contribution in [0.15, 0.2) is 28.7 Å². The molecule has 1 aliphatic rings. The SMILES string of the molecule is CC(C)NCC1CCN(C)C1c1ccc(Br)cc1. The molecule has 1 N–H and O–H groups in total. The van der Waals surface area contributed by atoms with Crippen molar-refractivity contribution in [2.75, 3.05) is 20.1 Å². The van der Waals surface area contributed by atoms with Crippen molar-refractivity contribution in [1.29, 1.82) is 0 Å². The van der Waals surface area contributed by atoms with Gasteiger partial charge in [0.25, 0.3) is 0 Å². The van der Waals surface area contributed by atoms with E-state index in [-0.39, 0.29) is 0 Å². The third-order valence-corrected chi connectivity index (χ3v) is 4.30. The second-order valence-corrected chi connectivity index (χ2v) is 6.50. The number of hydrogen-bond donors (Lipinski definition) is 1. The molecule has 18 heavy (non-hydrogen) atoms. The van der Waals surface area contributed by atoms with Crippen molar-refractivity contribution >= 4 is 15.9 Å². The average molecular weight is 311 g/mol. The standard InChI is InChI=1S/C15H23BrN2/c1-11(2)17-10-13-8-9-18(3)15(13)12-4-6-14(16)7-5-12/h4-7,11,13,15,17H,8-10H2,1-3H3. The highest BCUT2D eigenvalue weighted by Gasteiger charge is 2.32. The largest absolute Gasteiger partial charge is 0.314 e. The molecule has 1 aliphatic heterocycles. The van der Waals surface area contributed by atoms with Gasteiger partial charge in [0.1, 0.15) is 0 Å². The first-order valence-corrected chi connectivity index (χ1v) is 7.56. The highest BCUT2D eigenvalue weighted by atomic mass is 79.9. The first kappa shape index (κ1) is 14.0. The predicted octanol–water partition coefficient (Wildman–Crippen LogP) is 3.44. The van der Waals surface area contributed by atoms with Crippen LogP contribution in [-0.2, 0) is 0 Å². The molecule has 0 spiro atoms. The van der Waals surface area contributed by atoms with Crippen LogP contribution in [0.2, 0.25) is 0 Å². The van der Waals surface area contributed by atoms with Gasteiger partial charge in [-0.15, -0.1) is 0 Å². The molecule has 3 heteroatoms. The van der Waals surface area contributed by atoms with E-state index in [1.807, 2.05) is 0 Å². The highest BCUT2D eigenvalue weighted by Crippen LogP contribution is 2.36. The van der Waals surface area contributed by atoms with Gasteiger partial charge in [-0.25, -0.2) is 0 Å². The van der Waals surface area contributed by atoms with E-state index in [1.165, 1.54) is 18.5 Å². The lowest BCUT2D eigenvalue weighted by atomic mass is 9.93. The van der Waals surface area contributed by atoms with E-state index in [0.717, 1.165) is 16.9 Å². The van der Waals surface area contributed by atoms with E-state index in [0.29, 0.717) is 12.1 Å². The molecule has 2 nitrogen and oxygen atoms in total. The molecule has 0 amide bonds. The molecule has 1 fully saturated rings. The summed E-state index contributed by atoms with van der Waals surface area (Å²) in [5.41, 5.74) is 1.44. The maximum absolute atomic E-state index is 3.58. The van der Waals surface area contributed by atoms with Gasteiger partial charge in [-0.3, -0.25) is 4.90 Å². The Labute approximate surface area is 119 Å². The molecule has 1 aromatic rings. The molecule has 0 aromatic heterocycles.